The zero-order valence-electron chi connectivity index (χ0n) is 7.95. The van der Waals surface area contributed by atoms with Crippen molar-refractivity contribution in [3.05, 3.63) is 29.8 Å². The lowest BCUT2D eigenvalue weighted by molar-refractivity contribution is -0.443. The average molecular weight is 251 g/mol. The van der Waals surface area contributed by atoms with Crippen molar-refractivity contribution < 1.29 is 28.8 Å². The molecule has 1 atom stereocenters. The van der Waals surface area contributed by atoms with Crippen LogP contribution in [-0.2, 0) is 4.79 Å². The summed E-state index contributed by atoms with van der Waals surface area (Å²) in [6.45, 7) is 0. The van der Waals surface area contributed by atoms with Gasteiger partial charge in [0.25, 0.3) is 0 Å². The number of carboxylic acid groups (broad SMARTS) is 1. The lowest BCUT2D eigenvalue weighted by Gasteiger charge is -2.10. The molecule has 0 amide bonds. The minimum absolute atomic E-state index is 0.00166. The molecule has 3 N–H and O–H groups in total. The molecule has 0 unspecified atom stereocenters. The zero-order chi connectivity index (χ0) is 12.3. The van der Waals surface area contributed by atoms with E-state index in [0.717, 1.165) is 0 Å². The second-order valence-corrected chi connectivity index (χ2v) is 4.13. The van der Waals surface area contributed by atoms with Gasteiger partial charge in [-0.1, -0.05) is 12.1 Å². The molecule has 3 nitrogen and oxygen atoms in total. The number of rotatable bonds is 3. The van der Waals surface area contributed by atoms with E-state index in [4.69, 9.17) is 0 Å². The molecule has 1 aromatic rings. The number of carboxylic acids is 1. The molecule has 0 aliphatic rings. The van der Waals surface area contributed by atoms with Crippen LogP contribution in [0.1, 0.15) is 11.6 Å². The number of thioether (sulfide) groups is 1. The van der Waals surface area contributed by atoms with Gasteiger partial charge in [-0.05, 0) is 23.9 Å². The van der Waals surface area contributed by atoms with E-state index in [0.29, 0.717) is 5.56 Å². The normalized spacial score (nSPS) is 13.5. The smallest absolute Gasteiger partial charge is 0.446 e. The maximum absolute atomic E-state index is 12.0. The van der Waals surface area contributed by atoms with Crippen LogP contribution in [0.5, 0.6) is 0 Å². The maximum atomic E-state index is 12.0. The molecular formula is C9H8F3NO2S. The van der Waals surface area contributed by atoms with Crippen LogP contribution in [0.3, 0.4) is 0 Å². The van der Waals surface area contributed by atoms with Crippen molar-refractivity contribution in [3.63, 3.8) is 0 Å². The minimum atomic E-state index is -4.35. The summed E-state index contributed by atoms with van der Waals surface area (Å²) in [5.74, 6) is -1.36. The summed E-state index contributed by atoms with van der Waals surface area (Å²) in [4.78, 5) is 10.5. The standard InChI is InChI=1S/C9H8F3NO2S/c10-9(11,12)16-6-3-1-5(2-4-6)7(13)8(14)15/h1-4,7H,13H2,(H,14,15)/t7-/m1/s1. The van der Waals surface area contributed by atoms with Gasteiger partial charge in [-0.2, -0.15) is 13.2 Å². The van der Waals surface area contributed by atoms with Gasteiger partial charge in [0.15, 0.2) is 6.04 Å². The molecule has 0 aliphatic heterocycles. The van der Waals surface area contributed by atoms with Crippen LogP contribution in [0.4, 0.5) is 13.2 Å². The Morgan fingerprint density at radius 2 is 1.81 bits per heavy atom. The fraction of sp³-hybridized carbons (Fsp3) is 0.222. The van der Waals surface area contributed by atoms with Crippen molar-refractivity contribution in [1.29, 1.82) is 0 Å². The van der Waals surface area contributed by atoms with Crippen LogP contribution < -0.4 is 10.8 Å². The highest BCUT2D eigenvalue weighted by atomic mass is 32.2. The van der Waals surface area contributed by atoms with Crippen molar-refractivity contribution in [2.24, 2.45) is 0 Å². The third kappa shape index (κ3) is 3.74. The Morgan fingerprint density at radius 1 is 1.31 bits per heavy atom. The number of carbonyl (C=O) groups is 1. The second kappa shape index (κ2) is 4.75. The highest BCUT2D eigenvalue weighted by Crippen LogP contribution is 2.36. The molecule has 7 heteroatoms. The summed E-state index contributed by atoms with van der Waals surface area (Å²) in [6, 6.07) is 3.91. The van der Waals surface area contributed by atoms with Gasteiger partial charge in [0.2, 0.25) is 0 Å². The lowest BCUT2D eigenvalue weighted by atomic mass is 10.1. The van der Waals surface area contributed by atoms with Crippen molar-refractivity contribution in [2.45, 2.75) is 16.4 Å². The van der Waals surface area contributed by atoms with Crippen LogP contribution >= 0.6 is 11.8 Å². The average Bonchev–Trinajstić information content (AvgIpc) is 2.15. The maximum Gasteiger partial charge on any atom is 0.446 e. The molecular weight excluding hydrogens is 243 g/mol. The molecule has 1 aromatic carbocycles. The van der Waals surface area contributed by atoms with Gasteiger partial charge in [0.1, 0.15) is 5.97 Å². The quantitative estimate of drug-likeness (QED) is 0.787. The Morgan fingerprint density at radius 3 is 2.19 bits per heavy atom. The molecule has 0 fully saturated rings. The first-order chi connectivity index (χ1) is 7.29. The lowest BCUT2D eigenvalue weighted by Crippen LogP contribution is -2.60. The van der Waals surface area contributed by atoms with Gasteiger partial charge in [0.05, 0.1) is 0 Å². The summed E-state index contributed by atoms with van der Waals surface area (Å²) in [6.07, 6.45) is 0. The number of hydrogen-bond acceptors (Lipinski definition) is 3. The zero-order valence-corrected chi connectivity index (χ0v) is 8.77. The van der Waals surface area contributed by atoms with Crippen LogP contribution in [0.15, 0.2) is 29.2 Å². The SMILES string of the molecule is [NH3+][C@@H](C(=O)[O-])c1ccc(SC(F)(F)F)cc1. The third-order valence-corrected chi connectivity index (χ3v) is 2.54. The molecule has 0 radical (unpaired) electrons. The van der Waals surface area contributed by atoms with Crippen LogP contribution in [0.2, 0.25) is 0 Å². The van der Waals surface area contributed by atoms with E-state index in [1.54, 1.807) is 0 Å². The predicted octanol–water partition coefficient (Wildman–Crippen LogP) is 0.331. The first-order valence-electron chi connectivity index (χ1n) is 4.19. The molecule has 16 heavy (non-hydrogen) atoms. The fourth-order valence-electron chi connectivity index (χ4n) is 1.04. The summed E-state index contributed by atoms with van der Waals surface area (Å²) >= 11 is -0.254. The molecule has 0 heterocycles. The summed E-state index contributed by atoms with van der Waals surface area (Å²) < 4.78 is 35.9. The number of quaternary nitrogens is 1. The fourth-order valence-corrected chi connectivity index (χ4v) is 1.58. The molecule has 0 bridgehead atoms. The molecule has 0 saturated heterocycles. The number of benzene rings is 1. The van der Waals surface area contributed by atoms with Crippen molar-refractivity contribution in [2.75, 3.05) is 0 Å². The number of alkyl halides is 3. The number of carbonyl (C=O) groups excluding carboxylic acids is 1. The highest BCUT2D eigenvalue weighted by molar-refractivity contribution is 8.00. The molecule has 1 rings (SSSR count). The summed E-state index contributed by atoms with van der Waals surface area (Å²) in [7, 11) is 0. The van der Waals surface area contributed by atoms with Crippen LogP contribution in [0, 0.1) is 0 Å². The van der Waals surface area contributed by atoms with E-state index >= 15 is 0 Å². The van der Waals surface area contributed by atoms with Crippen molar-refractivity contribution in [1.82, 2.24) is 0 Å². The van der Waals surface area contributed by atoms with E-state index in [9.17, 15) is 23.1 Å². The predicted molar refractivity (Wildman–Crippen MR) is 49.0 cm³/mol. The Hall–Kier alpha value is -1.21. The van der Waals surface area contributed by atoms with E-state index in [-0.39, 0.29) is 16.7 Å². The topological polar surface area (TPSA) is 67.8 Å². The minimum Gasteiger partial charge on any atom is -0.544 e. The van der Waals surface area contributed by atoms with Gasteiger partial charge >= 0.3 is 5.51 Å². The Balaban J connectivity index is 2.79. The molecule has 88 valence electrons. The third-order valence-electron chi connectivity index (χ3n) is 1.80. The molecule has 0 aliphatic carbocycles. The highest BCUT2D eigenvalue weighted by Gasteiger charge is 2.29. The van der Waals surface area contributed by atoms with Crippen molar-refractivity contribution >= 4 is 17.7 Å². The molecule has 0 spiro atoms. The number of hydrogen-bond donors (Lipinski definition) is 1. The Kier molecular flexibility index (Phi) is 3.82. The monoisotopic (exact) mass is 251 g/mol. The Bertz CT molecular complexity index is 377. The van der Waals surface area contributed by atoms with E-state index in [1.165, 1.54) is 24.3 Å². The second-order valence-electron chi connectivity index (χ2n) is 2.99. The largest absolute Gasteiger partial charge is 0.544 e. The van der Waals surface area contributed by atoms with Gasteiger partial charge in [-0.25, -0.2) is 0 Å². The van der Waals surface area contributed by atoms with E-state index < -0.39 is 17.5 Å². The number of aliphatic carboxylic acids is 1. The van der Waals surface area contributed by atoms with E-state index in [2.05, 4.69) is 5.73 Å². The molecule has 0 saturated carbocycles. The number of halogens is 3. The molecule has 0 aromatic heterocycles. The van der Waals surface area contributed by atoms with E-state index in [1.807, 2.05) is 0 Å². The van der Waals surface area contributed by atoms with Crippen molar-refractivity contribution in [3.8, 4) is 0 Å². The summed E-state index contributed by atoms with van der Waals surface area (Å²) in [5, 5.41) is 10.5. The van der Waals surface area contributed by atoms with Gasteiger partial charge in [-0.15, -0.1) is 0 Å². The van der Waals surface area contributed by atoms with Gasteiger partial charge < -0.3 is 15.6 Å². The van der Waals surface area contributed by atoms with Gasteiger partial charge in [-0.3, -0.25) is 0 Å². The van der Waals surface area contributed by atoms with Gasteiger partial charge in [0, 0.05) is 10.5 Å². The first kappa shape index (κ1) is 12.9. The van der Waals surface area contributed by atoms with Crippen LogP contribution in [-0.4, -0.2) is 11.5 Å². The first-order valence-corrected chi connectivity index (χ1v) is 5.01. The summed E-state index contributed by atoms with van der Waals surface area (Å²) in [5.41, 5.74) is -0.715. The van der Waals surface area contributed by atoms with Crippen LogP contribution in [0.25, 0.3) is 0 Å². The Labute approximate surface area is 93.4 Å².